The molecular formula is C23H25N3O4S. The summed E-state index contributed by atoms with van der Waals surface area (Å²) in [5, 5.41) is 23.8. The first-order valence-electron chi connectivity index (χ1n) is 10.2. The Balaban J connectivity index is 1.26. The maximum atomic E-state index is 12.5. The lowest BCUT2D eigenvalue weighted by atomic mass is 10.1. The molecule has 0 bridgehead atoms. The summed E-state index contributed by atoms with van der Waals surface area (Å²) in [5.41, 5.74) is 3.22. The Hall–Kier alpha value is -2.68. The van der Waals surface area contributed by atoms with Gasteiger partial charge >= 0.3 is 0 Å². The maximum absolute atomic E-state index is 12.5. The van der Waals surface area contributed by atoms with Gasteiger partial charge in [0.05, 0.1) is 17.6 Å². The molecule has 2 aliphatic heterocycles. The fourth-order valence-corrected chi connectivity index (χ4v) is 4.75. The number of aliphatic imine (C=N–C) groups is 1. The molecule has 2 amide bonds. The van der Waals surface area contributed by atoms with Crippen molar-refractivity contribution in [3.8, 4) is 0 Å². The van der Waals surface area contributed by atoms with Crippen LogP contribution in [0.1, 0.15) is 16.7 Å². The van der Waals surface area contributed by atoms with Crippen molar-refractivity contribution >= 4 is 28.6 Å². The molecule has 2 aliphatic rings. The van der Waals surface area contributed by atoms with Gasteiger partial charge in [-0.2, -0.15) is 0 Å². The van der Waals surface area contributed by atoms with E-state index in [9.17, 15) is 19.8 Å². The minimum absolute atomic E-state index is 0.146. The van der Waals surface area contributed by atoms with Crippen LogP contribution in [0.5, 0.6) is 0 Å². The van der Waals surface area contributed by atoms with E-state index in [1.807, 2.05) is 42.5 Å². The monoisotopic (exact) mass is 439 g/mol. The molecule has 162 valence electrons. The molecule has 0 aromatic heterocycles. The molecule has 1 unspecified atom stereocenters. The van der Waals surface area contributed by atoms with Crippen LogP contribution in [0, 0.1) is 0 Å². The average molecular weight is 440 g/mol. The number of rotatable bonds is 7. The fraction of sp³-hybridized carbons (Fsp3) is 0.348. The number of fused-ring (bicyclic) bond motifs is 1. The molecule has 7 nitrogen and oxygen atoms in total. The van der Waals surface area contributed by atoms with Crippen molar-refractivity contribution < 1.29 is 19.8 Å². The van der Waals surface area contributed by atoms with Crippen LogP contribution in [0.2, 0.25) is 0 Å². The number of carbonyl (C=O) groups excluding carboxylic acids is 2. The number of nitrogens with zero attached hydrogens (tertiary/aromatic N) is 2. The van der Waals surface area contributed by atoms with Gasteiger partial charge in [0.1, 0.15) is 0 Å². The molecule has 0 aliphatic carbocycles. The Kier molecular flexibility index (Phi) is 6.70. The second kappa shape index (κ2) is 9.64. The van der Waals surface area contributed by atoms with Crippen LogP contribution in [0.15, 0.2) is 59.6 Å². The van der Waals surface area contributed by atoms with Crippen LogP contribution in [0.4, 0.5) is 0 Å². The van der Waals surface area contributed by atoms with Crippen molar-refractivity contribution in [1.29, 1.82) is 0 Å². The van der Waals surface area contributed by atoms with Gasteiger partial charge in [-0.15, -0.1) is 11.8 Å². The average Bonchev–Trinajstić information content (AvgIpc) is 3.43. The molecule has 4 rings (SSSR count). The summed E-state index contributed by atoms with van der Waals surface area (Å²) in [6.07, 6.45) is -2.80. The Morgan fingerprint density at radius 2 is 1.68 bits per heavy atom. The third kappa shape index (κ3) is 5.15. The predicted molar refractivity (Wildman–Crippen MR) is 120 cm³/mol. The summed E-state index contributed by atoms with van der Waals surface area (Å²) < 4.78 is 0. The summed E-state index contributed by atoms with van der Waals surface area (Å²) in [5.74, 6) is -0.610. The highest BCUT2D eigenvalue weighted by atomic mass is 32.2. The predicted octanol–water partition coefficient (Wildman–Crippen LogP) is 1.12. The summed E-state index contributed by atoms with van der Waals surface area (Å²) in [6, 6.07) is 17.9. The second-order valence-corrected chi connectivity index (χ2v) is 8.84. The fourth-order valence-electron chi connectivity index (χ4n) is 3.78. The summed E-state index contributed by atoms with van der Waals surface area (Å²) in [6.45, 7) is 0.884. The minimum Gasteiger partial charge on any atom is -0.380 e. The van der Waals surface area contributed by atoms with Crippen LogP contribution >= 0.6 is 11.8 Å². The highest BCUT2D eigenvalue weighted by molar-refractivity contribution is 8.14. The van der Waals surface area contributed by atoms with Crippen LogP contribution < -0.4 is 5.32 Å². The first-order chi connectivity index (χ1) is 15.0. The number of nitrogens with one attached hydrogen (secondary N) is 1. The molecule has 0 radical (unpaired) electrons. The third-order valence-corrected chi connectivity index (χ3v) is 6.60. The molecule has 8 heteroatoms. The van der Waals surface area contributed by atoms with Gasteiger partial charge in [-0.3, -0.25) is 14.6 Å². The number of hydrogen-bond acceptors (Lipinski definition) is 6. The summed E-state index contributed by atoms with van der Waals surface area (Å²) in [7, 11) is 0. The van der Waals surface area contributed by atoms with Crippen molar-refractivity contribution in [1.82, 2.24) is 10.2 Å². The lowest BCUT2D eigenvalue weighted by Gasteiger charge is -2.22. The zero-order valence-electron chi connectivity index (χ0n) is 17.0. The zero-order chi connectivity index (χ0) is 21.8. The van der Waals surface area contributed by atoms with Crippen LogP contribution in [-0.4, -0.2) is 62.5 Å². The normalized spacial score (nSPS) is 19.5. The third-order valence-electron chi connectivity index (χ3n) is 5.47. The lowest BCUT2D eigenvalue weighted by molar-refractivity contribution is -0.153. The SMILES string of the molecule is O=C(NCC1=NC(Cc2ccccc2)CS1)[C@H](O)[C@@H](O)C(=O)N1Cc2ccccc2C1. The summed E-state index contributed by atoms with van der Waals surface area (Å²) >= 11 is 1.57. The molecule has 31 heavy (non-hydrogen) atoms. The van der Waals surface area contributed by atoms with E-state index in [0.717, 1.165) is 28.3 Å². The smallest absolute Gasteiger partial charge is 0.255 e. The number of aliphatic hydroxyl groups is 2. The van der Waals surface area contributed by atoms with Gasteiger partial charge < -0.3 is 20.4 Å². The van der Waals surface area contributed by atoms with Crippen molar-refractivity contribution in [2.24, 2.45) is 4.99 Å². The van der Waals surface area contributed by atoms with Gasteiger partial charge in [0.15, 0.2) is 12.2 Å². The zero-order valence-corrected chi connectivity index (χ0v) is 17.8. The first-order valence-corrected chi connectivity index (χ1v) is 11.2. The highest BCUT2D eigenvalue weighted by Crippen LogP contribution is 2.23. The molecule has 2 aromatic rings. The van der Waals surface area contributed by atoms with Gasteiger partial charge in [0, 0.05) is 18.8 Å². The number of amides is 2. The molecule has 0 saturated carbocycles. The molecule has 0 fully saturated rings. The Morgan fingerprint density at radius 3 is 2.35 bits per heavy atom. The van der Waals surface area contributed by atoms with Crippen LogP contribution in [0.25, 0.3) is 0 Å². The van der Waals surface area contributed by atoms with Crippen molar-refractivity contribution in [2.75, 3.05) is 12.3 Å². The first kappa shape index (κ1) is 21.5. The largest absolute Gasteiger partial charge is 0.380 e. The van der Waals surface area contributed by atoms with Gasteiger partial charge in [0.2, 0.25) is 0 Å². The molecule has 0 saturated heterocycles. The van der Waals surface area contributed by atoms with E-state index in [-0.39, 0.29) is 12.6 Å². The van der Waals surface area contributed by atoms with Crippen LogP contribution in [-0.2, 0) is 29.1 Å². The number of aliphatic hydroxyl groups excluding tert-OH is 2. The Labute approximate surface area is 185 Å². The van der Waals surface area contributed by atoms with Gasteiger partial charge in [-0.1, -0.05) is 54.6 Å². The van der Waals surface area contributed by atoms with E-state index in [2.05, 4.69) is 22.4 Å². The van der Waals surface area contributed by atoms with Crippen molar-refractivity contribution in [3.63, 3.8) is 0 Å². The number of thioether (sulfide) groups is 1. The molecule has 2 heterocycles. The van der Waals surface area contributed by atoms with Crippen LogP contribution in [0.3, 0.4) is 0 Å². The van der Waals surface area contributed by atoms with Gasteiger partial charge in [-0.25, -0.2) is 0 Å². The number of benzene rings is 2. The number of hydrogen-bond donors (Lipinski definition) is 3. The molecular weight excluding hydrogens is 414 g/mol. The quantitative estimate of drug-likeness (QED) is 0.600. The maximum Gasteiger partial charge on any atom is 0.255 e. The van der Waals surface area contributed by atoms with Gasteiger partial charge in [0.25, 0.3) is 11.8 Å². The van der Waals surface area contributed by atoms with E-state index in [1.54, 1.807) is 11.8 Å². The van der Waals surface area contributed by atoms with Crippen molar-refractivity contribution in [3.05, 3.63) is 71.3 Å². The van der Waals surface area contributed by atoms with E-state index in [1.165, 1.54) is 10.5 Å². The van der Waals surface area contributed by atoms with Gasteiger partial charge in [-0.05, 0) is 23.1 Å². The molecule has 3 N–H and O–H groups in total. The van der Waals surface area contributed by atoms with E-state index in [0.29, 0.717) is 13.1 Å². The summed E-state index contributed by atoms with van der Waals surface area (Å²) in [4.78, 5) is 30.9. The Morgan fingerprint density at radius 1 is 1.03 bits per heavy atom. The second-order valence-electron chi connectivity index (χ2n) is 7.75. The number of carbonyl (C=O) groups is 2. The van der Waals surface area contributed by atoms with E-state index in [4.69, 9.17) is 0 Å². The standard InChI is InChI=1S/C23H25N3O4S/c27-20(21(28)23(30)26-12-16-8-4-5-9-17(16)13-26)22(29)24-11-19-25-18(14-31-19)10-15-6-2-1-3-7-15/h1-9,18,20-21,27-28H,10-14H2,(H,24,29)/t18?,20-,21-/m1/s1. The molecule has 0 spiro atoms. The minimum atomic E-state index is -1.83. The van der Waals surface area contributed by atoms with E-state index < -0.39 is 24.0 Å². The highest BCUT2D eigenvalue weighted by Gasteiger charge is 2.35. The topological polar surface area (TPSA) is 102 Å². The molecule has 3 atom stereocenters. The molecule has 2 aromatic carbocycles. The van der Waals surface area contributed by atoms with Crippen molar-refractivity contribution in [2.45, 2.75) is 37.8 Å². The Bertz CT molecular complexity index is 957. The lowest BCUT2D eigenvalue weighted by Crippen LogP contribution is -2.50. The van der Waals surface area contributed by atoms with E-state index >= 15 is 0 Å².